The van der Waals surface area contributed by atoms with Crippen LogP contribution in [0, 0.1) is 0 Å². The van der Waals surface area contributed by atoms with Crippen molar-refractivity contribution in [3.05, 3.63) is 12.5 Å². The van der Waals surface area contributed by atoms with Crippen LogP contribution in [0.4, 0.5) is 0 Å². The van der Waals surface area contributed by atoms with E-state index in [1.54, 1.807) is 0 Å². The molecule has 28 valence electrons. The highest BCUT2D eigenvalue weighted by atomic mass is 16.7. The smallest absolute Gasteiger partial charge is 0.196 e. The van der Waals surface area contributed by atoms with Crippen molar-refractivity contribution in [3.63, 3.8) is 0 Å². The molecule has 0 unspecified atom stereocenters. The van der Waals surface area contributed by atoms with Crippen molar-refractivity contribution in [3.8, 4) is 0 Å². The molecule has 1 aliphatic heterocycles. The first kappa shape index (κ1) is 1.67. The molecule has 0 atom stereocenters. The van der Waals surface area contributed by atoms with Crippen LogP contribution in [0.3, 0.4) is 0 Å². The minimum atomic E-state index is 0.750. The fraction of sp³-hybridized carbons (Fsp3) is 0. The van der Waals surface area contributed by atoms with Gasteiger partial charge in [-0.2, -0.15) is 0 Å². The second kappa shape index (κ2) is 0.944. The lowest BCUT2D eigenvalue weighted by Crippen LogP contribution is -2.17. The summed E-state index contributed by atoms with van der Waals surface area (Å²) in [7, 11) is 0. The Balaban J connectivity index is 2.32. The summed E-state index contributed by atoms with van der Waals surface area (Å²) in [4.78, 5) is 4.36. The molecule has 1 heterocycles. The summed E-state index contributed by atoms with van der Waals surface area (Å²) in [6.45, 7) is 0. The molecular weight excluding hydrogens is 68.0 g/mol. The lowest BCUT2D eigenvalue weighted by Gasteiger charge is -1.85. The van der Waals surface area contributed by atoms with Gasteiger partial charge in [0.25, 0.3) is 0 Å². The number of hydrogen-bond acceptors (Lipinski definition) is 3. The molecule has 0 spiro atoms. The maximum absolute atomic E-state index is 6.57. The van der Waals surface area contributed by atoms with E-state index in [0.29, 0.717) is 0 Å². The van der Waals surface area contributed by atoms with E-state index >= 15 is 0 Å². The van der Waals surface area contributed by atoms with Crippen LogP contribution in [0.2, 0.25) is 1.41 Å². The summed E-state index contributed by atoms with van der Waals surface area (Å²) < 4.78 is 6.57. The number of rotatable bonds is 0. The zero-order valence-electron chi connectivity index (χ0n) is 3.51. The van der Waals surface area contributed by atoms with Gasteiger partial charge in [0.1, 0.15) is 6.26 Å². The van der Waals surface area contributed by atoms with Gasteiger partial charge in [-0.15, -0.1) is 0 Å². The maximum atomic E-state index is 6.57. The first-order chi connectivity index (χ1) is 2.89. The fourth-order valence-electron chi connectivity index (χ4n) is 0.152. The summed E-state index contributed by atoms with van der Waals surface area (Å²) in [5.41, 5.74) is 3.17. The third-order valence-electron chi connectivity index (χ3n) is 0.309. The zero-order valence-corrected chi connectivity index (χ0v) is 2.51. The Morgan fingerprint density at radius 3 is 3.20 bits per heavy atom. The number of hydrazine groups is 1. The topological polar surface area (TPSA) is 33.3 Å². The molecule has 1 rings (SSSR count). The van der Waals surface area contributed by atoms with Crippen LogP contribution >= 0.6 is 0 Å². The van der Waals surface area contributed by atoms with Crippen molar-refractivity contribution >= 4 is 0 Å². The van der Waals surface area contributed by atoms with Crippen molar-refractivity contribution < 1.29 is 6.25 Å². The van der Waals surface area contributed by atoms with Crippen molar-refractivity contribution in [2.24, 2.45) is 0 Å². The third-order valence-corrected chi connectivity index (χ3v) is 0.309. The average Bonchev–Trinajstić information content (AvgIpc) is 1.86. The van der Waals surface area contributed by atoms with E-state index in [2.05, 4.69) is 10.3 Å². The molecule has 5 heavy (non-hydrogen) atoms. The van der Waals surface area contributed by atoms with E-state index in [1.165, 1.54) is 12.5 Å². The molecule has 3 nitrogen and oxygen atoms in total. The molecule has 0 saturated heterocycles. The quantitative estimate of drug-likeness (QED) is 0.405. The molecule has 0 saturated carbocycles. The van der Waals surface area contributed by atoms with Crippen LogP contribution in [-0.2, 0) is 4.84 Å². The molecule has 1 aliphatic rings. The third kappa shape index (κ3) is 0.302. The first-order valence-electron chi connectivity index (χ1n) is 1.71. The lowest BCUT2D eigenvalue weighted by atomic mass is 11.0. The van der Waals surface area contributed by atoms with E-state index < -0.39 is 0 Å². The van der Waals surface area contributed by atoms with Crippen LogP contribution in [0.5, 0.6) is 0 Å². The minimum absolute atomic E-state index is 0.750. The molecule has 3 heteroatoms. The summed E-state index contributed by atoms with van der Waals surface area (Å²) in [5, 5.41) is 0. The Kier molecular flexibility index (Phi) is 0.315. The van der Waals surface area contributed by atoms with Crippen LogP contribution in [0.25, 0.3) is 0 Å². The van der Waals surface area contributed by atoms with Crippen LogP contribution in [0.15, 0.2) is 12.5 Å². The maximum Gasteiger partial charge on any atom is 0.196 e. The van der Waals surface area contributed by atoms with E-state index in [9.17, 15) is 0 Å². The molecule has 0 aliphatic carbocycles. The van der Waals surface area contributed by atoms with Crippen molar-refractivity contribution in [2.75, 3.05) is 0 Å². The monoisotopic (exact) mass is 73.0 g/mol. The van der Waals surface area contributed by atoms with Gasteiger partial charge in [-0.25, -0.2) is 0 Å². The second-order valence-electron chi connectivity index (χ2n) is 0.629. The Labute approximate surface area is 31.0 Å². The highest BCUT2D eigenvalue weighted by Gasteiger charge is 1.77. The number of nitrogens with one attached hydrogen (secondary N) is 2. The molecular formula is C2H4N2O. The van der Waals surface area contributed by atoms with Crippen molar-refractivity contribution in [2.45, 2.75) is 0 Å². The minimum Gasteiger partial charge on any atom is -0.395 e. The average molecular weight is 73.1 g/mol. The summed E-state index contributed by atoms with van der Waals surface area (Å²) in [6.07, 6.45) is 2.90. The molecule has 0 aromatic heterocycles. The lowest BCUT2D eigenvalue weighted by molar-refractivity contribution is 0.137. The SMILES string of the molecule is [2H]N1NC=CO1. The fourth-order valence-corrected chi connectivity index (χ4v) is 0.152. The van der Waals surface area contributed by atoms with Gasteiger partial charge < -0.3 is 4.84 Å². The Morgan fingerprint density at radius 2 is 3.00 bits per heavy atom. The molecule has 0 bridgehead atoms. The molecule has 0 radical (unpaired) electrons. The van der Waals surface area contributed by atoms with Gasteiger partial charge in [0.15, 0.2) is 1.41 Å². The largest absolute Gasteiger partial charge is 0.395 e. The molecule has 2 N–H and O–H groups in total. The Hall–Kier alpha value is -0.700. The van der Waals surface area contributed by atoms with Gasteiger partial charge in [0, 0.05) is 0 Å². The number of hydrogen-bond donors (Lipinski definition) is 2. The van der Waals surface area contributed by atoms with Gasteiger partial charge in [0.05, 0.1) is 6.20 Å². The van der Waals surface area contributed by atoms with Gasteiger partial charge in [-0.05, 0) is 0 Å². The first-order valence-corrected chi connectivity index (χ1v) is 1.26. The summed E-state index contributed by atoms with van der Waals surface area (Å²) >= 11 is 0. The molecule has 0 fully saturated rings. The van der Waals surface area contributed by atoms with Crippen LogP contribution in [0.1, 0.15) is 0 Å². The normalized spacial score (nSPS) is 24.4. The van der Waals surface area contributed by atoms with E-state index in [4.69, 9.17) is 1.41 Å². The highest BCUT2D eigenvalue weighted by Crippen LogP contribution is 1.70. The molecule has 0 amide bonds. The molecule has 0 aromatic rings. The van der Waals surface area contributed by atoms with Gasteiger partial charge in [0.2, 0.25) is 0 Å². The van der Waals surface area contributed by atoms with E-state index in [-0.39, 0.29) is 0 Å². The van der Waals surface area contributed by atoms with Crippen molar-refractivity contribution in [1.29, 1.82) is 0 Å². The van der Waals surface area contributed by atoms with Gasteiger partial charge in [-0.1, -0.05) is 5.58 Å². The Morgan fingerprint density at radius 1 is 2.00 bits per heavy atom. The summed E-state index contributed by atoms with van der Waals surface area (Å²) in [5.74, 6) is 0. The predicted molar refractivity (Wildman–Crippen MR) is 16.5 cm³/mol. The van der Waals surface area contributed by atoms with E-state index in [0.717, 1.165) is 5.58 Å². The Bertz CT molecular complexity index is 65.9. The second-order valence-corrected chi connectivity index (χ2v) is 0.629. The highest BCUT2D eigenvalue weighted by molar-refractivity contribution is 4.69. The van der Waals surface area contributed by atoms with Crippen LogP contribution in [-0.4, -0.2) is 0 Å². The molecule has 0 aromatic carbocycles. The van der Waals surface area contributed by atoms with E-state index in [1.807, 2.05) is 0 Å². The van der Waals surface area contributed by atoms with Gasteiger partial charge in [-0.3, -0.25) is 5.43 Å². The predicted octanol–water partition coefficient (Wildman–Crippen LogP) is -0.503. The van der Waals surface area contributed by atoms with Crippen molar-refractivity contribution in [1.82, 2.24) is 11.0 Å². The zero-order chi connectivity index (χ0) is 4.41. The standard InChI is InChI=1S/C2H4N2O/c1-2-5-4-3-1/h1-4H/i/hD. The van der Waals surface area contributed by atoms with Gasteiger partial charge >= 0.3 is 0 Å². The summed E-state index contributed by atoms with van der Waals surface area (Å²) in [6, 6.07) is 0. The van der Waals surface area contributed by atoms with Crippen LogP contribution < -0.4 is 11.0 Å².